The molecular weight excluding hydrogens is 192 g/mol. The van der Waals surface area contributed by atoms with Gasteiger partial charge in [-0.2, -0.15) is 0 Å². The summed E-state index contributed by atoms with van der Waals surface area (Å²) < 4.78 is 0. The van der Waals surface area contributed by atoms with Gasteiger partial charge in [0.05, 0.1) is 0 Å². The summed E-state index contributed by atoms with van der Waals surface area (Å²) in [7, 11) is 0. The fourth-order valence-corrected chi connectivity index (χ4v) is 1.62. The Bertz CT molecular complexity index is 449. The van der Waals surface area contributed by atoms with Gasteiger partial charge in [-0.25, -0.2) is 0 Å². The van der Waals surface area contributed by atoms with Gasteiger partial charge in [0.15, 0.2) is 0 Å². The van der Waals surface area contributed by atoms with Gasteiger partial charge in [-0.3, -0.25) is 0 Å². The maximum atomic E-state index is 2.21. The largest absolute Gasteiger partial charge is 0.0795 e. The van der Waals surface area contributed by atoms with E-state index in [-0.39, 0.29) is 0 Å². The zero-order chi connectivity index (χ0) is 11.2. The molecule has 0 aromatic heterocycles. The maximum Gasteiger partial charge on any atom is -0.00941 e. The van der Waals surface area contributed by atoms with Gasteiger partial charge in [-0.15, -0.1) is 0 Å². The smallest absolute Gasteiger partial charge is 0.00941 e. The zero-order valence-electron chi connectivity index (χ0n) is 9.56. The van der Waals surface area contributed by atoms with Crippen LogP contribution in [0.1, 0.15) is 16.7 Å². The Kier molecular flexibility index (Phi) is 3.55. The van der Waals surface area contributed by atoms with Crippen LogP contribution in [0.15, 0.2) is 60.7 Å². The van der Waals surface area contributed by atoms with Crippen LogP contribution in [-0.2, 0) is 6.42 Å². The summed E-state index contributed by atoms with van der Waals surface area (Å²) in [4.78, 5) is 0. The van der Waals surface area contributed by atoms with Crippen LogP contribution in [-0.4, -0.2) is 0 Å². The molecule has 0 aliphatic carbocycles. The molecule has 0 saturated heterocycles. The Morgan fingerprint density at radius 1 is 0.875 bits per heavy atom. The van der Waals surface area contributed by atoms with Crippen molar-refractivity contribution in [3.8, 4) is 0 Å². The van der Waals surface area contributed by atoms with Gasteiger partial charge in [-0.1, -0.05) is 72.3 Å². The maximum absolute atomic E-state index is 2.21. The lowest BCUT2D eigenvalue weighted by molar-refractivity contribution is 1.26. The van der Waals surface area contributed by atoms with E-state index in [2.05, 4.69) is 67.6 Å². The quantitative estimate of drug-likeness (QED) is 0.707. The van der Waals surface area contributed by atoms with Crippen molar-refractivity contribution in [3.05, 3.63) is 77.4 Å². The number of hydrogen-bond donors (Lipinski definition) is 0. The third-order valence-electron chi connectivity index (χ3n) is 2.58. The molecule has 0 unspecified atom stereocenters. The molecule has 0 spiro atoms. The highest BCUT2D eigenvalue weighted by Crippen LogP contribution is 2.06. The SMILES string of the molecule is Cc1ccc(CC=Cc2ccccc2)cc1. The van der Waals surface area contributed by atoms with Crippen LogP contribution < -0.4 is 0 Å². The minimum absolute atomic E-state index is 0.995. The van der Waals surface area contributed by atoms with E-state index >= 15 is 0 Å². The van der Waals surface area contributed by atoms with Crippen molar-refractivity contribution in [1.82, 2.24) is 0 Å². The summed E-state index contributed by atoms with van der Waals surface area (Å²) in [6.45, 7) is 2.11. The summed E-state index contributed by atoms with van der Waals surface area (Å²) in [5, 5.41) is 0. The van der Waals surface area contributed by atoms with E-state index in [1.807, 2.05) is 6.07 Å². The molecule has 0 fully saturated rings. The van der Waals surface area contributed by atoms with Crippen LogP contribution in [0.4, 0.5) is 0 Å². The van der Waals surface area contributed by atoms with Crippen molar-refractivity contribution in [2.24, 2.45) is 0 Å². The normalized spacial score (nSPS) is 10.8. The second kappa shape index (κ2) is 5.32. The Balaban J connectivity index is 1.97. The van der Waals surface area contributed by atoms with Crippen LogP contribution in [0.5, 0.6) is 0 Å². The molecule has 0 N–H and O–H groups in total. The number of benzene rings is 2. The van der Waals surface area contributed by atoms with Crippen LogP contribution in [0.3, 0.4) is 0 Å². The van der Waals surface area contributed by atoms with Crippen LogP contribution in [0.2, 0.25) is 0 Å². The standard InChI is InChI=1S/C16H16/c1-14-10-12-16(13-11-14)9-5-8-15-6-3-2-4-7-15/h2-8,10-13H,9H2,1H3. The lowest BCUT2D eigenvalue weighted by Crippen LogP contribution is -1.80. The predicted octanol–water partition coefficient (Wildman–Crippen LogP) is 4.25. The van der Waals surface area contributed by atoms with Gasteiger partial charge in [0.2, 0.25) is 0 Å². The van der Waals surface area contributed by atoms with Crippen LogP contribution >= 0.6 is 0 Å². The Hall–Kier alpha value is -1.82. The van der Waals surface area contributed by atoms with Gasteiger partial charge in [0.1, 0.15) is 0 Å². The fraction of sp³-hybridized carbons (Fsp3) is 0.125. The van der Waals surface area contributed by atoms with E-state index in [1.165, 1.54) is 16.7 Å². The lowest BCUT2D eigenvalue weighted by Gasteiger charge is -1.97. The monoisotopic (exact) mass is 208 g/mol. The van der Waals surface area contributed by atoms with Crippen LogP contribution in [0, 0.1) is 6.92 Å². The van der Waals surface area contributed by atoms with E-state index in [0.717, 1.165) is 6.42 Å². The molecule has 16 heavy (non-hydrogen) atoms. The van der Waals surface area contributed by atoms with E-state index < -0.39 is 0 Å². The molecule has 2 aromatic carbocycles. The minimum Gasteiger partial charge on any atom is -0.0795 e. The predicted molar refractivity (Wildman–Crippen MR) is 70.4 cm³/mol. The van der Waals surface area contributed by atoms with Crippen molar-refractivity contribution in [3.63, 3.8) is 0 Å². The first-order valence-electron chi connectivity index (χ1n) is 5.62. The summed E-state index contributed by atoms with van der Waals surface area (Å²) >= 11 is 0. The molecule has 0 radical (unpaired) electrons. The van der Waals surface area contributed by atoms with Gasteiger partial charge in [-0.05, 0) is 24.5 Å². The molecular formula is C16H16. The number of rotatable bonds is 3. The Labute approximate surface area is 97.3 Å². The molecule has 80 valence electrons. The molecule has 0 saturated carbocycles. The van der Waals surface area contributed by atoms with Gasteiger partial charge < -0.3 is 0 Å². The average molecular weight is 208 g/mol. The molecule has 0 heterocycles. The van der Waals surface area contributed by atoms with Crippen LogP contribution in [0.25, 0.3) is 6.08 Å². The van der Waals surface area contributed by atoms with Crippen molar-refractivity contribution in [1.29, 1.82) is 0 Å². The molecule has 2 aromatic rings. The second-order valence-electron chi connectivity index (χ2n) is 4.00. The number of aryl methyl sites for hydroxylation is 1. The third kappa shape index (κ3) is 3.09. The van der Waals surface area contributed by atoms with Gasteiger partial charge in [0.25, 0.3) is 0 Å². The first-order valence-corrected chi connectivity index (χ1v) is 5.62. The van der Waals surface area contributed by atoms with Crippen molar-refractivity contribution in [2.75, 3.05) is 0 Å². The second-order valence-corrected chi connectivity index (χ2v) is 4.00. The van der Waals surface area contributed by atoms with Crippen molar-refractivity contribution >= 4 is 6.08 Å². The highest BCUT2D eigenvalue weighted by molar-refractivity contribution is 5.49. The molecule has 0 atom stereocenters. The zero-order valence-corrected chi connectivity index (χ0v) is 9.56. The molecule has 0 amide bonds. The first kappa shape index (κ1) is 10.7. The number of hydrogen-bond acceptors (Lipinski definition) is 0. The summed E-state index contributed by atoms with van der Waals surface area (Å²) in [5.41, 5.74) is 3.93. The highest BCUT2D eigenvalue weighted by Gasteiger charge is 1.89. The molecule has 0 aliphatic heterocycles. The summed E-state index contributed by atoms with van der Waals surface area (Å²) in [6.07, 6.45) is 5.37. The van der Waals surface area contributed by atoms with E-state index in [4.69, 9.17) is 0 Å². The third-order valence-corrected chi connectivity index (χ3v) is 2.58. The minimum atomic E-state index is 0.995. The van der Waals surface area contributed by atoms with E-state index in [9.17, 15) is 0 Å². The number of allylic oxidation sites excluding steroid dienone is 1. The Morgan fingerprint density at radius 3 is 2.25 bits per heavy atom. The van der Waals surface area contributed by atoms with Crippen molar-refractivity contribution < 1.29 is 0 Å². The highest BCUT2D eigenvalue weighted by atomic mass is 13.9. The lowest BCUT2D eigenvalue weighted by atomic mass is 10.1. The average Bonchev–Trinajstić information content (AvgIpc) is 2.33. The van der Waals surface area contributed by atoms with E-state index in [1.54, 1.807) is 0 Å². The fourth-order valence-electron chi connectivity index (χ4n) is 1.62. The first-order chi connectivity index (χ1) is 7.84. The van der Waals surface area contributed by atoms with Crippen molar-refractivity contribution in [2.45, 2.75) is 13.3 Å². The summed E-state index contributed by atoms with van der Waals surface area (Å²) in [5.74, 6) is 0. The van der Waals surface area contributed by atoms with Gasteiger partial charge >= 0.3 is 0 Å². The molecule has 0 bridgehead atoms. The summed E-state index contributed by atoms with van der Waals surface area (Å²) in [6, 6.07) is 19.1. The molecule has 0 aliphatic rings. The Morgan fingerprint density at radius 2 is 1.56 bits per heavy atom. The topological polar surface area (TPSA) is 0 Å². The van der Waals surface area contributed by atoms with E-state index in [0.29, 0.717) is 0 Å². The molecule has 0 heteroatoms. The van der Waals surface area contributed by atoms with Gasteiger partial charge in [0, 0.05) is 0 Å². The molecule has 2 rings (SSSR count). The molecule has 0 nitrogen and oxygen atoms in total.